The number of aliphatic hydroxyl groups excluding tert-OH is 1. The second kappa shape index (κ2) is 6.80. The summed E-state index contributed by atoms with van der Waals surface area (Å²) in [6, 6.07) is 11.2. The van der Waals surface area contributed by atoms with Gasteiger partial charge in [0, 0.05) is 4.88 Å². The highest BCUT2D eigenvalue weighted by atomic mass is 35.5. The molecule has 19 heavy (non-hydrogen) atoms. The monoisotopic (exact) mass is 298 g/mol. The Morgan fingerprint density at radius 2 is 1.95 bits per heavy atom. The summed E-state index contributed by atoms with van der Waals surface area (Å²) in [6.07, 6.45) is 0. The summed E-state index contributed by atoms with van der Waals surface area (Å²) >= 11 is 7.36. The highest BCUT2D eigenvalue weighted by Gasteiger charge is 2.15. The number of hydrogen-bond acceptors (Lipinski definition) is 4. The van der Waals surface area contributed by atoms with E-state index in [1.165, 1.54) is 11.3 Å². The van der Waals surface area contributed by atoms with Gasteiger partial charge in [-0.3, -0.25) is 0 Å². The summed E-state index contributed by atoms with van der Waals surface area (Å²) in [5.74, 6) is 1.27. The molecule has 1 aromatic heterocycles. The molecule has 0 aliphatic rings. The maximum absolute atomic E-state index is 9.45. The first-order valence-electron chi connectivity index (χ1n) is 5.86. The van der Waals surface area contributed by atoms with E-state index >= 15 is 0 Å². The average Bonchev–Trinajstić information content (AvgIpc) is 2.86. The summed E-state index contributed by atoms with van der Waals surface area (Å²) in [6.45, 7) is 0.402. The van der Waals surface area contributed by atoms with Crippen LogP contribution in [0.1, 0.15) is 10.8 Å². The summed E-state index contributed by atoms with van der Waals surface area (Å²) in [4.78, 5) is 1.02. The number of benzene rings is 1. The van der Waals surface area contributed by atoms with Crippen LogP contribution in [0, 0.1) is 0 Å². The molecule has 0 fully saturated rings. The maximum Gasteiger partial charge on any atom is 0.161 e. The second-order valence-electron chi connectivity index (χ2n) is 3.98. The zero-order chi connectivity index (χ0) is 13.7. The van der Waals surface area contributed by atoms with Gasteiger partial charge >= 0.3 is 0 Å². The van der Waals surface area contributed by atoms with Crippen LogP contribution in [0.25, 0.3) is 0 Å². The van der Waals surface area contributed by atoms with Crippen molar-refractivity contribution in [1.29, 1.82) is 0 Å². The third-order valence-corrected chi connectivity index (χ3v) is 4.12. The number of ether oxygens (including phenoxy) is 2. The first-order chi connectivity index (χ1) is 9.24. The van der Waals surface area contributed by atoms with Gasteiger partial charge in [0.1, 0.15) is 0 Å². The normalized spacial score (nSPS) is 12.2. The molecule has 0 bridgehead atoms. The van der Waals surface area contributed by atoms with E-state index in [0.717, 1.165) is 4.88 Å². The number of aliphatic hydroxyl groups is 1. The number of methoxy groups -OCH3 is 1. The molecule has 1 atom stereocenters. The fourth-order valence-electron chi connectivity index (χ4n) is 1.70. The molecule has 5 heteroatoms. The van der Waals surface area contributed by atoms with Gasteiger partial charge in [-0.25, -0.2) is 0 Å². The first-order valence-corrected chi connectivity index (χ1v) is 7.06. The van der Waals surface area contributed by atoms with Crippen molar-refractivity contribution in [3.63, 3.8) is 0 Å². The van der Waals surface area contributed by atoms with Gasteiger partial charge in [-0.15, -0.1) is 11.3 Å². The Morgan fingerprint density at radius 1 is 1.21 bits per heavy atom. The fourth-order valence-corrected chi connectivity index (χ4v) is 2.84. The number of hydrogen-bond donors (Lipinski definition) is 1. The number of thiophene rings is 1. The first kappa shape index (κ1) is 14.2. The average molecular weight is 299 g/mol. The molecule has 1 heterocycles. The molecule has 1 unspecified atom stereocenters. The van der Waals surface area contributed by atoms with E-state index < -0.39 is 0 Å². The van der Waals surface area contributed by atoms with E-state index in [9.17, 15) is 5.11 Å². The van der Waals surface area contributed by atoms with Gasteiger partial charge < -0.3 is 14.6 Å². The molecule has 0 saturated carbocycles. The minimum absolute atomic E-state index is 0.0198. The summed E-state index contributed by atoms with van der Waals surface area (Å²) in [7, 11) is 1.60. The topological polar surface area (TPSA) is 38.7 Å². The standard InChI is InChI=1S/C14H15ClO3S/c1-17-11-4-2-3-5-12(11)18-9-10(8-16)13-6-7-14(15)19-13/h2-7,10,16H,8-9H2,1H3. The predicted octanol–water partition coefficient (Wildman–Crippen LogP) is 3.57. The zero-order valence-electron chi connectivity index (χ0n) is 10.5. The highest BCUT2D eigenvalue weighted by molar-refractivity contribution is 7.16. The Balaban J connectivity index is 2.04. The van der Waals surface area contributed by atoms with Gasteiger partial charge in [-0.2, -0.15) is 0 Å². The van der Waals surface area contributed by atoms with E-state index in [2.05, 4.69) is 0 Å². The van der Waals surface area contributed by atoms with Crippen molar-refractivity contribution in [3.05, 3.63) is 45.6 Å². The van der Waals surface area contributed by atoms with Gasteiger partial charge in [0.25, 0.3) is 0 Å². The number of halogens is 1. The highest BCUT2D eigenvalue weighted by Crippen LogP contribution is 2.30. The van der Waals surface area contributed by atoms with Crippen molar-refractivity contribution in [2.45, 2.75) is 5.92 Å². The summed E-state index contributed by atoms with van der Waals surface area (Å²) < 4.78 is 11.7. The van der Waals surface area contributed by atoms with Crippen LogP contribution in [0.5, 0.6) is 11.5 Å². The Kier molecular flexibility index (Phi) is 5.07. The minimum atomic E-state index is -0.0811. The molecule has 0 radical (unpaired) electrons. The third kappa shape index (κ3) is 3.62. The Morgan fingerprint density at radius 3 is 2.53 bits per heavy atom. The number of rotatable bonds is 6. The Bertz CT molecular complexity index is 527. The lowest BCUT2D eigenvalue weighted by atomic mass is 10.1. The van der Waals surface area contributed by atoms with Crippen LogP contribution in [0.4, 0.5) is 0 Å². The molecule has 1 aromatic carbocycles. The lowest BCUT2D eigenvalue weighted by Gasteiger charge is -2.15. The molecule has 2 aromatic rings. The molecule has 3 nitrogen and oxygen atoms in total. The van der Waals surface area contributed by atoms with Crippen molar-refractivity contribution in [2.75, 3.05) is 20.3 Å². The van der Waals surface area contributed by atoms with Crippen molar-refractivity contribution >= 4 is 22.9 Å². The van der Waals surface area contributed by atoms with Crippen LogP contribution in [-0.4, -0.2) is 25.4 Å². The summed E-state index contributed by atoms with van der Waals surface area (Å²) in [5.41, 5.74) is 0. The molecular weight excluding hydrogens is 284 g/mol. The second-order valence-corrected chi connectivity index (χ2v) is 5.73. The van der Waals surface area contributed by atoms with Crippen molar-refractivity contribution < 1.29 is 14.6 Å². The van der Waals surface area contributed by atoms with E-state index in [0.29, 0.717) is 22.4 Å². The zero-order valence-corrected chi connectivity index (χ0v) is 12.1. The van der Waals surface area contributed by atoms with Crippen molar-refractivity contribution in [3.8, 4) is 11.5 Å². The molecular formula is C14H15ClO3S. The predicted molar refractivity (Wildman–Crippen MR) is 77.6 cm³/mol. The van der Waals surface area contributed by atoms with E-state index in [1.807, 2.05) is 36.4 Å². The SMILES string of the molecule is COc1ccccc1OCC(CO)c1ccc(Cl)s1. The van der Waals surface area contributed by atoms with Gasteiger partial charge in [-0.1, -0.05) is 23.7 Å². The van der Waals surface area contributed by atoms with Crippen LogP contribution < -0.4 is 9.47 Å². The molecule has 0 saturated heterocycles. The lowest BCUT2D eigenvalue weighted by molar-refractivity contribution is 0.202. The number of para-hydroxylation sites is 2. The molecule has 0 aliphatic carbocycles. The quantitative estimate of drug-likeness (QED) is 0.886. The van der Waals surface area contributed by atoms with Crippen molar-refractivity contribution in [1.82, 2.24) is 0 Å². The van der Waals surface area contributed by atoms with Crippen LogP contribution in [-0.2, 0) is 0 Å². The van der Waals surface area contributed by atoms with Gasteiger partial charge in [0.15, 0.2) is 11.5 Å². The fraction of sp³-hybridized carbons (Fsp3) is 0.286. The largest absolute Gasteiger partial charge is 0.493 e. The van der Waals surface area contributed by atoms with E-state index in [-0.39, 0.29) is 12.5 Å². The molecule has 0 spiro atoms. The smallest absolute Gasteiger partial charge is 0.161 e. The van der Waals surface area contributed by atoms with Crippen LogP contribution >= 0.6 is 22.9 Å². The maximum atomic E-state index is 9.45. The molecule has 0 aliphatic heterocycles. The molecule has 0 amide bonds. The third-order valence-electron chi connectivity index (χ3n) is 2.73. The van der Waals surface area contributed by atoms with Crippen LogP contribution in [0.15, 0.2) is 36.4 Å². The molecule has 2 rings (SSSR count). The van der Waals surface area contributed by atoms with Gasteiger partial charge in [0.2, 0.25) is 0 Å². The molecule has 1 N–H and O–H groups in total. The Labute approximate surface area is 121 Å². The Hall–Kier alpha value is -1.23. The van der Waals surface area contributed by atoms with Crippen LogP contribution in [0.2, 0.25) is 4.34 Å². The van der Waals surface area contributed by atoms with Gasteiger partial charge in [0.05, 0.1) is 30.6 Å². The molecule has 102 valence electrons. The van der Waals surface area contributed by atoms with Crippen molar-refractivity contribution in [2.24, 2.45) is 0 Å². The van der Waals surface area contributed by atoms with E-state index in [4.69, 9.17) is 21.1 Å². The van der Waals surface area contributed by atoms with E-state index in [1.54, 1.807) is 7.11 Å². The minimum Gasteiger partial charge on any atom is -0.493 e. The lowest BCUT2D eigenvalue weighted by Crippen LogP contribution is -2.13. The summed E-state index contributed by atoms with van der Waals surface area (Å²) in [5, 5.41) is 9.45. The van der Waals surface area contributed by atoms with Gasteiger partial charge in [-0.05, 0) is 24.3 Å². The van der Waals surface area contributed by atoms with Crippen LogP contribution in [0.3, 0.4) is 0 Å².